The smallest absolute Gasteiger partial charge is 0.0462 e. The van der Waals surface area contributed by atoms with E-state index in [-0.39, 0.29) is 10.8 Å². The summed E-state index contributed by atoms with van der Waals surface area (Å²) in [6, 6.07) is 57.1. The summed E-state index contributed by atoms with van der Waals surface area (Å²) in [5.41, 5.74) is 14.7. The van der Waals surface area contributed by atoms with Gasteiger partial charge in [0, 0.05) is 34.1 Å². The minimum absolute atomic E-state index is 0.111. The fourth-order valence-electron chi connectivity index (χ4n) is 6.42. The standard InChI is InChI=1S/C48H50N2/c1-35(37-19-27-43(28-20-37)49(41-15-11-9-12-16-41)45-31-23-39(24-32-45)47(3,4)5)36(2)38-21-29-44(30-22-38)50(42-17-13-10-14-18-42)46-33-25-40(26-34-46)48(6,7)8/h9-34H,1-8H3/b36-35+. The molecule has 6 aromatic carbocycles. The van der Waals surface area contributed by atoms with Gasteiger partial charge in [-0.3, -0.25) is 0 Å². The fourth-order valence-corrected chi connectivity index (χ4v) is 6.42. The minimum atomic E-state index is 0.111. The molecule has 0 saturated heterocycles. The lowest BCUT2D eigenvalue weighted by Crippen LogP contribution is -2.13. The number of allylic oxidation sites excluding steroid dienone is 2. The van der Waals surface area contributed by atoms with Crippen LogP contribution in [-0.2, 0) is 10.8 Å². The van der Waals surface area contributed by atoms with Crippen molar-refractivity contribution in [2.24, 2.45) is 0 Å². The van der Waals surface area contributed by atoms with Gasteiger partial charge in [0.15, 0.2) is 0 Å². The van der Waals surface area contributed by atoms with Crippen LogP contribution in [0.4, 0.5) is 34.1 Å². The molecule has 0 fully saturated rings. The van der Waals surface area contributed by atoms with Crippen molar-refractivity contribution in [3.63, 3.8) is 0 Å². The normalized spacial score (nSPS) is 12.3. The highest BCUT2D eigenvalue weighted by molar-refractivity contribution is 5.90. The van der Waals surface area contributed by atoms with Gasteiger partial charge < -0.3 is 9.80 Å². The molecule has 0 aliphatic heterocycles. The third-order valence-electron chi connectivity index (χ3n) is 9.69. The SMILES string of the molecule is C/C(=C(/C)c1ccc(N(c2ccccc2)c2ccc(C(C)(C)C)cc2)cc1)c1ccc(N(c2ccccc2)c2ccc(C(C)(C)C)cc2)cc1. The first-order valence-electron chi connectivity index (χ1n) is 17.7. The van der Waals surface area contributed by atoms with Gasteiger partial charge >= 0.3 is 0 Å². The van der Waals surface area contributed by atoms with Crippen LogP contribution < -0.4 is 9.80 Å². The van der Waals surface area contributed by atoms with Crippen LogP contribution in [0, 0.1) is 0 Å². The van der Waals surface area contributed by atoms with Crippen LogP contribution >= 0.6 is 0 Å². The highest BCUT2D eigenvalue weighted by atomic mass is 15.1. The zero-order valence-electron chi connectivity index (χ0n) is 30.9. The average Bonchev–Trinajstić information content (AvgIpc) is 3.12. The van der Waals surface area contributed by atoms with E-state index in [4.69, 9.17) is 0 Å². The van der Waals surface area contributed by atoms with Gasteiger partial charge in [0.2, 0.25) is 0 Å². The summed E-state index contributed by atoms with van der Waals surface area (Å²) in [6.45, 7) is 18.0. The number of para-hydroxylation sites is 2. The van der Waals surface area contributed by atoms with Gasteiger partial charge in [-0.15, -0.1) is 0 Å². The highest BCUT2D eigenvalue weighted by Crippen LogP contribution is 2.39. The van der Waals surface area contributed by atoms with Crippen molar-refractivity contribution >= 4 is 45.3 Å². The Morgan fingerprint density at radius 2 is 0.560 bits per heavy atom. The zero-order valence-corrected chi connectivity index (χ0v) is 30.9. The van der Waals surface area contributed by atoms with Gasteiger partial charge in [-0.1, -0.05) is 126 Å². The van der Waals surface area contributed by atoms with Gasteiger partial charge in [0.25, 0.3) is 0 Å². The molecule has 2 heteroatoms. The van der Waals surface area contributed by atoms with E-state index >= 15 is 0 Å². The topological polar surface area (TPSA) is 6.48 Å². The van der Waals surface area contributed by atoms with Crippen LogP contribution in [0.15, 0.2) is 158 Å². The molecule has 50 heavy (non-hydrogen) atoms. The van der Waals surface area contributed by atoms with Gasteiger partial charge in [-0.2, -0.15) is 0 Å². The van der Waals surface area contributed by atoms with Crippen LogP contribution in [0.2, 0.25) is 0 Å². The Kier molecular flexibility index (Phi) is 9.84. The number of nitrogens with zero attached hydrogens (tertiary/aromatic N) is 2. The van der Waals surface area contributed by atoms with E-state index in [1.807, 2.05) is 0 Å². The summed E-state index contributed by atoms with van der Waals surface area (Å²) in [5.74, 6) is 0. The first kappa shape index (κ1) is 34.5. The van der Waals surface area contributed by atoms with E-state index in [9.17, 15) is 0 Å². The lowest BCUT2D eigenvalue weighted by atomic mass is 9.87. The van der Waals surface area contributed by atoms with Gasteiger partial charge in [0.1, 0.15) is 0 Å². The van der Waals surface area contributed by atoms with Crippen LogP contribution in [0.1, 0.15) is 77.6 Å². The predicted octanol–water partition coefficient (Wildman–Crippen LogP) is 14.2. The molecular formula is C48H50N2. The Bertz CT molecular complexity index is 1870. The number of benzene rings is 6. The fraction of sp³-hybridized carbons (Fsp3) is 0.208. The van der Waals surface area contributed by atoms with E-state index in [0.29, 0.717) is 0 Å². The van der Waals surface area contributed by atoms with Crippen LogP contribution in [0.3, 0.4) is 0 Å². The molecule has 0 radical (unpaired) electrons. The minimum Gasteiger partial charge on any atom is -0.311 e. The van der Waals surface area contributed by atoms with E-state index < -0.39 is 0 Å². The van der Waals surface area contributed by atoms with Crippen molar-refractivity contribution < 1.29 is 0 Å². The zero-order chi connectivity index (χ0) is 35.5. The second kappa shape index (κ2) is 14.3. The van der Waals surface area contributed by atoms with Crippen molar-refractivity contribution in [1.29, 1.82) is 0 Å². The Hall–Kier alpha value is -5.34. The molecule has 0 saturated carbocycles. The lowest BCUT2D eigenvalue weighted by molar-refractivity contribution is 0.590. The Morgan fingerprint density at radius 1 is 0.320 bits per heavy atom. The van der Waals surface area contributed by atoms with Crippen molar-refractivity contribution in [1.82, 2.24) is 0 Å². The molecule has 252 valence electrons. The number of rotatable bonds is 8. The van der Waals surface area contributed by atoms with Gasteiger partial charge in [-0.25, -0.2) is 0 Å². The summed E-state index contributed by atoms with van der Waals surface area (Å²) in [4.78, 5) is 4.66. The number of anilines is 6. The molecule has 0 atom stereocenters. The third-order valence-corrected chi connectivity index (χ3v) is 9.69. The summed E-state index contributed by atoms with van der Waals surface area (Å²) in [7, 11) is 0. The summed E-state index contributed by atoms with van der Waals surface area (Å²) in [5, 5.41) is 0. The van der Waals surface area contributed by atoms with E-state index in [1.54, 1.807) is 0 Å². The Labute approximate surface area is 300 Å². The monoisotopic (exact) mass is 654 g/mol. The molecular weight excluding hydrogens is 605 g/mol. The van der Waals surface area contributed by atoms with E-state index in [0.717, 1.165) is 34.1 Å². The maximum Gasteiger partial charge on any atom is 0.0462 e. The first-order valence-corrected chi connectivity index (χ1v) is 17.7. The maximum absolute atomic E-state index is 2.33. The molecule has 0 N–H and O–H groups in total. The van der Waals surface area contributed by atoms with E-state index in [1.165, 1.54) is 33.4 Å². The predicted molar refractivity (Wildman–Crippen MR) is 218 cm³/mol. The lowest BCUT2D eigenvalue weighted by Gasteiger charge is -2.27. The van der Waals surface area contributed by atoms with Gasteiger partial charge in [0.05, 0.1) is 0 Å². The Morgan fingerprint density at radius 3 is 0.820 bits per heavy atom. The molecule has 0 aliphatic carbocycles. The van der Waals surface area contributed by atoms with Crippen LogP contribution in [0.25, 0.3) is 11.1 Å². The van der Waals surface area contributed by atoms with E-state index in [2.05, 4.69) is 223 Å². The largest absolute Gasteiger partial charge is 0.311 e. The molecule has 0 aromatic heterocycles. The summed E-state index contributed by atoms with van der Waals surface area (Å²) in [6.07, 6.45) is 0. The molecule has 2 nitrogen and oxygen atoms in total. The second-order valence-corrected chi connectivity index (χ2v) is 15.3. The highest BCUT2D eigenvalue weighted by Gasteiger charge is 2.18. The number of hydrogen-bond donors (Lipinski definition) is 0. The second-order valence-electron chi connectivity index (χ2n) is 15.3. The first-order chi connectivity index (χ1) is 23.9. The van der Waals surface area contributed by atoms with Crippen LogP contribution in [0.5, 0.6) is 0 Å². The van der Waals surface area contributed by atoms with Crippen molar-refractivity contribution in [2.45, 2.75) is 66.2 Å². The third kappa shape index (κ3) is 7.61. The number of hydrogen-bond acceptors (Lipinski definition) is 2. The summed E-state index contributed by atoms with van der Waals surface area (Å²) < 4.78 is 0. The van der Waals surface area contributed by atoms with Gasteiger partial charge in [-0.05, 0) is 131 Å². The molecule has 6 rings (SSSR count). The summed E-state index contributed by atoms with van der Waals surface area (Å²) >= 11 is 0. The molecule has 0 aliphatic rings. The van der Waals surface area contributed by atoms with Crippen molar-refractivity contribution in [3.05, 3.63) is 180 Å². The molecule has 0 bridgehead atoms. The molecule has 0 unspecified atom stereocenters. The van der Waals surface area contributed by atoms with Crippen molar-refractivity contribution in [2.75, 3.05) is 9.80 Å². The molecule has 6 aromatic rings. The molecule has 0 spiro atoms. The Balaban J connectivity index is 1.29. The maximum atomic E-state index is 2.33. The molecule has 0 heterocycles. The van der Waals surface area contributed by atoms with Crippen LogP contribution in [-0.4, -0.2) is 0 Å². The quantitative estimate of drug-likeness (QED) is 0.151. The van der Waals surface area contributed by atoms with Crippen molar-refractivity contribution in [3.8, 4) is 0 Å². The average molecular weight is 655 g/mol. The molecule has 0 amide bonds.